The van der Waals surface area contributed by atoms with Crippen LogP contribution in [0.4, 0.5) is 5.69 Å². The molecule has 0 aromatic heterocycles. The molecule has 25 heavy (non-hydrogen) atoms. The molecule has 0 radical (unpaired) electrons. The van der Waals surface area contributed by atoms with Crippen LogP contribution in [-0.4, -0.2) is 56.5 Å². The number of hydrogen-bond acceptors (Lipinski definition) is 5. The summed E-state index contributed by atoms with van der Waals surface area (Å²) in [5.41, 5.74) is 11.8. The molecule has 7 nitrogen and oxygen atoms in total. The molecule has 4 N–H and O–H groups in total. The highest BCUT2D eigenvalue weighted by atomic mass is 16.5. The number of amides is 2. The van der Waals surface area contributed by atoms with E-state index in [1.165, 1.54) is 0 Å². The van der Waals surface area contributed by atoms with E-state index in [-0.39, 0.29) is 30.8 Å². The molecule has 1 aliphatic heterocycles. The van der Waals surface area contributed by atoms with Crippen LogP contribution >= 0.6 is 0 Å². The van der Waals surface area contributed by atoms with Crippen molar-refractivity contribution >= 4 is 17.5 Å². The Bertz CT molecular complexity index is 622. The summed E-state index contributed by atoms with van der Waals surface area (Å²) < 4.78 is 5.36. The maximum atomic E-state index is 12.9. The Morgan fingerprint density at radius 2 is 2.08 bits per heavy atom. The van der Waals surface area contributed by atoms with Crippen LogP contribution in [0, 0.1) is 5.41 Å². The number of nitrogens with two attached hydrogens (primary N) is 2. The quantitative estimate of drug-likeness (QED) is 0.715. The van der Waals surface area contributed by atoms with Gasteiger partial charge in [0.05, 0.1) is 19.3 Å². The number of likely N-dealkylation sites (tertiary alicyclic amines) is 1. The van der Waals surface area contributed by atoms with Gasteiger partial charge in [0.1, 0.15) is 5.75 Å². The number of rotatable bonds is 8. The Kier molecular flexibility index (Phi) is 6.39. The van der Waals surface area contributed by atoms with Crippen molar-refractivity contribution in [1.82, 2.24) is 4.90 Å². The second-order valence-corrected chi connectivity index (χ2v) is 6.91. The lowest BCUT2D eigenvalue weighted by Crippen LogP contribution is -2.42. The maximum Gasteiger partial charge on any atom is 0.241 e. The molecule has 0 spiro atoms. The minimum Gasteiger partial charge on any atom is -0.495 e. The Morgan fingerprint density at radius 3 is 2.68 bits per heavy atom. The smallest absolute Gasteiger partial charge is 0.241 e. The number of methoxy groups -OCH3 is 1. The third-order valence-electron chi connectivity index (χ3n) is 4.75. The number of benzene rings is 1. The van der Waals surface area contributed by atoms with Gasteiger partial charge in [0, 0.05) is 19.5 Å². The van der Waals surface area contributed by atoms with Gasteiger partial charge in [0.2, 0.25) is 11.8 Å². The molecule has 1 unspecified atom stereocenters. The van der Waals surface area contributed by atoms with E-state index in [1.807, 2.05) is 18.2 Å². The van der Waals surface area contributed by atoms with Crippen LogP contribution in [0.1, 0.15) is 19.8 Å². The lowest BCUT2D eigenvalue weighted by molar-refractivity contribution is -0.120. The zero-order valence-electron chi connectivity index (χ0n) is 15.0. The van der Waals surface area contributed by atoms with Gasteiger partial charge in [-0.05, 0) is 37.1 Å². The molecule has 0 saturated carbocycles. The third-order valence-corrected chi connectivity index (χ3v) is 4.75. The first-order valence-corrected chi connectivity index (χ1v) is 8.52. The summed E-state index contributed by atoms with van der Waals surface area (Å²) in [6, 6.07) is 7.28. The standard InChI is InChI=1S/C18H28N4O3/c1-18(12-19)8-10-21(13-18)11-17(24)22(9-7-16(20)23)14-5-3-4-6-15(14)25-2/h3-6H,7-13,19H2,1-2H3,(H2,20,23). The van der Waals surface area contributed by atoms with Crippen LogP contribution in [0.2, 0.25) is 0 Å². The van der Waals surface area contributed by atoms with E-state index in [1.54, 1.807) is 18.1 Å². The molecular weight excluding hydrogens is 320 g/mol. The first kappa shape index (κ1) is 19.2. The van der Waals surface area contributed by atoms with Gasteiger partial charge in [-0.25, -0.2) is 0 Å². The predicted octanol–water partition coefficient (Wildman–Crippen LogP) is 0.574. The summed E-state index contributed by atoms with van der Waals surface area (Å²) in [6.45, 7) is 4.90. The Labute approximate surface area is 148 Å². The molecule has 138 valence electrons. The number of hydrogen-bond donors (Lipinski definition) is 2. The van der Waals surface area contributed by atoms with Crippen LogP contribution in [0.15, 0.2) is 24.3 Å². The van der Waals surface area contributed by atoms with Crippen molar-refractivity contribution in [2.45, 2.75) is 19.8 Å². The third kappa shape index (κ3) is 4.93. The van der Waals surface area contributed by atoms with E-state index in [0.29, 0.717) is 18.0 Å². The van der Waals surface area contributed by atoms with Crippen molar-refractivity contribution < 1.29 is 14.3 Å². The minimum absolute atomic E-state index is 0.0583. The number of carbonyl (C=O) groups is 2. The van der Waals surface area contributed by atoms with Crippen LogP contribution in [0.3, 0.4) is 0 Å². The van der Waals surface area contributed by atoms with Gasteiger partial charge in [0.15, 0.2) is 0 Å². The van der Waals surface area contributed by atoms with Crippen molar-refractivity contribution in [3.05, 3.63) is 24.3 Å². The maximum absolute atomic E-state index is 12.9. The van der Waals surface area contributed by atoms with Gasteiger partial charge in [-0.2, -0.15) is 0 Å². The van der Waals surface area contributed by atoms with E-state index in [2.05, 4.69) is 11.8 Å². The summed E-state index contributed by atoms with van der Waals surface area (Å²) in [7, 11) is 1.56. The fourth-order valence-corrected chi connectivity index (χ4v) is 3.16. The SMILES string of the molecule is COc1ccccc1N(CCC(N)=O)C(=O)CN1CCC(C)(CN)C1. The lowest BCUT2D eigenvalue weighted by Gasteiger charge is -2.27. The molecule has 1 aromatic carbocycles. The van der Waals surface area contributed by atoms with Crippen molar-refractivity contribution in [3.63, 3.8) is 0 Å². The first-order valence-electron chi connectivity index (χ1n) is 8.52. The van der Waals surface area contributed by atoms with E-state index in [4.69, 9.17) is 16.2 Å². The normalized spacial score (nSPS) is 20.4. The molecule has 1 fully saturated rings. The average Bonchev–Trinajstić information content (AvgIpc) is 2.96. The second kappa shape index (κ2) is 8.31. The largest absolute Gasteiger partial charge is 0.495 e. The number of primary amides is 1. The lowest BCUT2D eigenvalue weighted by atomic mass is 9.90. The number of anilines is 1. The summed E-state index contributed by atoms with van der Waals surface area (Å²) in [6.07, 6.45) is 1.08. The Hall–Kier alpha value is -2.12. The summed E-state index contributed by atoms with van der Waals surface area (Å²) in [5, 5.41) is 0. The first-order chi connectivity index (χ1) is 11.9. The van der Waals surface area contributed by atoms with Gasteiger partial charge in [0.25, 0.3) is 0 Å². The molecule has 0 aliphatic carbocycles. The number of para-hydroxylation sites is 2. The molecule has 1 aliphatic rings. The fourth-order valence-electron chi connectivity index (χ4n) is 3.16. The molecule has 0 bridgehead atoms. The Balaban J connectivity index is 2.15. The molecule has 1 saturated heterocycles. The van der Waals surface area contributed by atoms with Crippen LogP contribution in [-0.2, 0) is 9.59 Å². The van der Waals surface area contributed by atoms with E-state index < -0.39 is 5.91 Å². The van der Waals surface area contributed by atoms with Crippen molar-refractivity contribution in [3.8, 4) is 5.75 Å². The van der Waals surface area contributed by atoms with Gasteiger partial charge in [-0.3, -0.25) is 14.5 Å². The topological polar surface area (TPSA) is 102 Å². The minimum atomic E-state index is -0.440. The molecule has 2 amide bonds. The molecule has 1 atom stereocenters. The molecule has 1 aromatic rings. The number of carbonyl (C=O) groups excluding carboxylic acids is 2. The van der Waals surface area contributed by atoms with Crippen LogP contribution in [0.25, 0.3) is 0 Å². The number of nitrogens with zero attached hydrogens (tertiary/aromatic N) is 2. The summed E-state index contributed by atoms with van der Waals surface area (Å²) >= 11 is 0. The zero-order valence-corrected chi connectivity index (χ0v) is 15.0. The van der Waals surface area contributed by atoms with Crippen molar-refractivity contribution in [2.75, 3.05) is 44.7 Å². The average molecular weight is 348 g/mol. The zero-order chi connectivity index (χ0) is 18.4. The van der Waals surface area contributed by atoms with Crippen molar-refractivity contribution in [1.29, 1.82) is 0 Å². The van der Waals surface area contributed by atoms with Crippen LogP contribution < -0.4 is 21.1 Å². The van der Waals surface area contributed by atoms with Crippen LogP contribution in [0.5, 0.6) is 5.75 Å². The van der Waals surface area contributed by atoms with Gasteiger partial charge < -0.3 is 21.1 Å². The highest BCUT2D eigenvalue weighted by Gasteiger charge is 2.34. The van der Waals surface area contributed by atoms with Gasteiger partial charge >= 0.3 is 0 Å². The fraction of sp³-hybridized carbons (Fsp3) is 0.556. The van der Waals surface area contributed by atoms with Crippen molar-refractivity contribution in [2.24, 2.45) is 16.9 Å². The highest BCUT2D eigenvalue weighted by Crippen LogP contribution is 2.30. The molecule has 7 heteroatoms. The Morgan fingerprint density at radius 1 is 1.36 bits per heavy atom. The summed E-state index contributed by atoms with van der Waals surface area (Å²) in [5.74, 6) is 0.0742. The predicted molar refractivity (Wildman–Crippen MR) is 97.4 cm³/mol. The van der Waals surface area contributed by atoms with E-state index in [9.17, 15) is 9.59 Å². The highest BCUT2D eigenvalue weighted by molar-refractivity contribution is 5.96. The monoisotopic (exact) mass is 348 g/mol. The van der Waals surface area contributed by atoms with E-state index >= 15 is 0 Å². The second-order valence-electron chi connectivity index (χ2n) is 6.91. The van der Waals surface area contributed by atoms with Gasteiger partial charge in [-0.15, -0.1) is 0 Å². The molecule has 1 heterocycles. The van der Waals surface area contributed by atoms with Gasteiger partial charge in [-0.1, -0.05) is 19.1 Å². The molecular formula is C18H28N4O3. The number of ether oxygens (including phenoxy) is 1. The van der Waals surface area contributed by atoms with E-state index in [0.717, 1.165) is 19.5 Å². The molecule has 2 rings (SSSR count). The summed E-state index contributed by atoms with van der Waals surface area (Å²) in [4.78, 5) is 27.8.